The second-order valence-corrected chi connectivity index (χ2v) is 5.15. The molecule has 0 N–H and O–H groups in total. The number of aryl methyl sites for hydroxylation is 2. The highest BCUT2D eigenvalue weighted by Gasteiger charge is 2.14. The molecule has 0 unspecified atom stereocenters. The number of hydrogen-bond donors (Lipinski definition) is 0. The minimum atomic E-state index is -0.175. The third-order valence-corrected chi connectivity index (χ3v) is 3.43. The number of benzene rings is 1. The molecular formula is C15H13N3OS. The van der Waals surface area contributed by atoms with Crippen molar-refractivity contribution < 1.29 is 4.79 Å². The van der Waals surface area contributed by atoms with E-state index in [0.717, 1.165) is 11.1 Å². The van der Waals surface area contributed by atoms with Crippen molar-refractivity contribution in [3.8, 4) is 0 Å². The summed E-state index contributed by atoms with van der Waals surface area (Å²) >= 11 is 5.21. The maximum Gasteiger partial charge on any atom is 0.279 e. The van der Waals surface area contributed by atoms with E-state index in [0.29, 0.717) is 11.2 Å². The number of pyridine rings is 1. The molecule has 3 aromatic rings. The van der Waals surface area contributed by atoms with Crippen LogP contribution in [0.15, 0.2) is 42.6 Å². The summed E-state index contributed by atoms with van der Waals surface area (Å²) < 4.78 is 3.35. The van der Waals surface area contributed by atoms with Gasteiger partial charge < -0.3 is 0 Å². The van der Waals surface area contributed by atoms with E-state index in [1.807, 2.05) is 38.1 Å². The number of aromatic nitrogens is 3. The van der Waals surface area contributed by atoms with E-state index in [2.05, 4.69) is 4.98 Å². The lowest BCUT2D eigenvalue weighted by Gasteiger charge is -2.05. The van der Waals surface area contributed by atoms with Gasteiger partial charge in [0, 0.05) is 11.8 Å². The van der Waals surface area contributed by atoms with Crippen LogP contribution >= 0.6 is 12.2 Å². The molecule has 0 spiro atoms. The van der Waals surface area contributed by atoms with Crippen LogP contribution < -0.4 is 0 Å². The van der Waals surface area contributed by atoms with E-state index in [4.69, 9.17) is 12.2 Å². The van der Waals surface area contributed by atoms with E-state index in [1.165, 1.54) is 4.68 Å². The Kier molecular flexibility index (Phi) is 2.99. The smallest absolute Gasteiger partial charge is 0.267 e. The van der Waals surface area contributed by atoms with E-state index in [1.54, 1.807) is 22.8 Å². The first-order valence-corrected chi connectivity index (χ1v) is 6.66. The minimum absolute atomic E-state index is 0.175. The molecule has 2 heterocycles. The van der Waals surface area contributed by atoms with Gasteiger partial charge in [-0.05, 0) is 55.9 Å². The average molecular weight is 283 g/mol. The van der Waals surface area contributed by atoms with Crippen LogP contribution in [0.5, 0.6) is 0 Å². The Morgan fingerprint density at radius 2 is 1.80 bits per heavy atom. The fraction of sp³-hybridized carbons (Fsp3) is 0.133. The summed E-state index contributed by atoms with van der Waals surface area (Å²) in [6.45, 7) is 3.96. The molecule has 0 radical (unpaired) electrons. The third-order valence-electron chi connectivity index (χ3n) is 3.17. The van der Waals surface area contributed by atoms with Gasteiger partial charge in [-0.15, -0.1) is 0 Å². The highest BCUT2D eigenvalue weighted by atomic mass is 32.1. The van der Waals surface area contributed by atoms with Crippen molar-refractivity contribution in [2.75, 3.05) is 0 Å². The largest absolute Gasteiger partial charge is 0.279 e. The summed E-state index contributed by atoms with van der Waals surface area (Å²) in [6, 6.07) is 11.2. The Hall–Kier alpha value is -2.27. The summed E-state index contributed by atoms with van der Waals surface area (Å²) in [5.74, 6) is -0.175. The predicted octanol–water partition coefficient (Wildman–Crippen LogP) is 3.17. The van der Waals surface area contributed by atoms with Gasteiger partial charge in [0.25, 0.3) is 5.91 Å². The fourth-order valence-electron chi connectivity index (χ4n) is 2.08. The quantitative estimate of drug-likeness (QED) is 0.644. The number of fused-ring (bicyclic) bond motifs is 1. The topological polar surface area (TPSA) is 39.3 Å². The van der Waals surface area contributed by atoms with Crippen LogP contribution in [0.4, 0.5) is 0 Å². The lowest BCUT2D eigenvalue weighted by molar-refractivity contribution is 0.0938. The second-order valence-electron chi connectivity index (χ2n) is 4.78. The van der Waals surface area contributed by atoms with Crippen molar-refractivity contribution >= 4 is 23.8 Å². The molecule has 0 bridgehead atoms. The number of carbonyl (C=O) groups excluding carboxylic acids is 1. The molecule has 0 aliphatic heterocycles. The average Bonchev–Trinajstić information content (AvgIpc) is 2.73. The van der Waals surface area contributed by atoms with E-state index in [-0.39, 0.29) is 10.7 Å². The number of carbonyl (C=O) groups is 1. The number of hydrogen-bond acceptors (Lipinski definition) is 3. The molecule has 0 saturated carbocycles. The Bertz CT molecular complexity index is 859. The summed E-state index contributed by atoms with van der Waals surface area (Å²) in [5, 5.41) is 0. The summed E-state index contributed by atoms with van der Waals surface area (Å²) in [5.41, 5.74) is 3.45. The molecule has 2 aromatic heterocycles. The van der Waals surface area contributed by atoms with Gasteiger partial charge in [0.05, 0.1) is 0 Å². The third kappa shape index (κ3) is 2.06. The van der Waals surface area contributed by atoms with Crippen LogP contribution in [-0.4, -0.2) is 20.1 Å². The minimum Gasteiger partial charge on any atom is -0.267 e. The molecule has 0 saturated heterocycles. The van der Waals surface area contributed by atoms with Crippen LogP contribution in [-0.2, 0) is 0 Å². The van der Waals surface area contributed by atoms with Gasteiger partial charge in [-0.2, -0.15) is 9.67 Å². The molecule has 3 rings (SSSR count). The van der Waals surface area contributed by atoms with E-state index in [9.17, 15) is 4.79 Å². The SMILES string of the molecule is Cc1ccc(C(=O)n2c(=S)nc3cc(C)ccn32)cc1. The van der Waals surface area contributed by atoms with Crippen molar-refractivity contribution in [2.24, 2.45) is 0 Å². The Labute approximate surface area is 121 Å². The zero-order chi connectivity index (χ0) is 14.3. The van der Waals surface area contributed by atoms with Crippen LogP contribution in [0.3, 0.4) is 0 Å². The lowest BCUT2D eigenvalue weighted by Crippen LogP contribution is -2.17. The first kappa shape index (κ1) is 12.7. The fourth-order valence-corrected chi connectivity index (χ4v) is 2.34. The standard InChI is InChI=1S/C15H13N3OS/c1-10-3-5-12(6-4-10)14(19)18-15(20)16-13-9-11(2)7-8-17(13)18/h3-9H,1-2H3. The van der Waals surface area contributed by atoms with Crippen molar-refractivity contribution in [1.82, 2.24) is 14.2 Å². The summed E-state index contributed by atoms with van der Waals surface area (Å²) in [4.78, 5) is 16.8. The van der Waals surface area contributed by atoms with Crippen LogP contribution in [0.25, 0.3) is 5.65 Å². The molecule has 1 aromatic carbocycles. The molecule has 100 valence electrons. The van der Waals surface area contributed by atoms with Crippen molar-refractivity contribution in [3.63, 3.8) is 0 Å². The first-order chi connectivity index (χ1) is 9.56. The number of nitrogens with zero attached hydrogens (tertiary/aromatic N) is 3. The lowest BCUT2D eigenvalue weighted by atomic mass is 10.1. The molecule has 0 atom stereocenters. The van der Waals surface area contributed by atoms with E-state index >= 15 is 0 Å². The van der Waals surface area contributed by atoms with Crippen molar-refractivity contribution in [2.45, 2.75) is 13.8 Å². The molecule has 0 aliphatic rings. The van der Waals surface area contributed by atoms with Gasteiger partial charge in [-0.25, -0.2) is 4.52 Å². The normalized spacial score (nSPS) is 10.9. The van der Waals surface area contributed by atoms with Gasteiger partial charge in [0.2, 0.25) is 4.77 Å². The highest BCUT2D eigenvalue weighted by molar-refractivity contribution is 7.71. The molecule has 0 amide bonds. The molecule has 0 aliphatic carbocycles. The zero-order valence-electron chi connectivity index (χ0n) is 11.2. The van der Waals surface area contributed by atoms with E-state index < -0.39 is 0 Å². The number of rotatable bonds is 1. The second kappa shape index (κ2) is 4.68. The first-order valence-electron chi connectivity index (χ1n) is 6.26. The highest BCUT2D eigenvalue weighted by Crippen LogP contribution is 2.10. The Morgan fingerprint density at radius 1 is 1.10 bits per heavy atom. The molecule has 20 heavy (non-hydrogen) atoms. The van der Waals surface area contributed by atoms with Crippen LogP contribution in [0, 0.1) is 18.6 Å². The zero-order valence-corrected chi connectivity index (χ0v) is 12.0. The molecule has 0 fully saturated rings. The van der Waals surface area contributed by atoms with Crippen molar-refractivity contribution in [1.29, 1.82) is 0 Å². The van der Waals surface area contributed by atoms with Gasteiger partial charge in [-0.3, -0.25) is 4.79 Å². The molecular weight excluding hydrogens is 270 g/mol. The van der Waals surface area contributed by atoms with Crippen LogP contribution in [0.2, 0.25) is 0 Å². The summed E-state index contributed by atoms with van der Waals surface area (Å²) in [6.07, 6.45) is 1.81. The van der Waals surface area contributed by atoms with Gasteiger partial charge in [0.15, 0.2) is 5.65 Å². The maximum absolute atomic E-state index is 12.6. The van der Waals surface area contributed by atoms with Gasteiger partial charge in [-0.1, -0.05) is 17.7 Å². The molecule has 5 heteroatoms. The monoisotopic (exact) mass is 283 g/mol. The van der Waals surface area contributed by atoms with Gasteiger partial charge in [0.1, 0.15) is 0 Å². The van der Waals surface area contributed by atoms with Crippen LogP contribution in [0.1, 0.15) is 21.5 Å². The predicted molar refractivity (Wildman–Crippen MR) is 79.7 cm³/mol. The summed E-state index contributed by atoms with van der Waals surface area (Å²) in [7, 11) is 0. The van der Waals surface area contributed by atoms with Gasteiger partial charge >= 0.3 is 0 Å². The van der Waals surface area contributed by atoms with Crippen molar-refractivity contribution in [3.05, 3.63) is 64.1 Å². The maximum atomic E-state index is 12.6. The Balaban J connectivity index is 2.19. The Morgan fingerprint density at radius 3 is 2.50 bits per heavy atom. The molecule has 4 nitrogen and oxygen atoms in total.